The number of ketones is 1. The Morgan fingerprint density at radius 2 is 2.00 bits per heavy atom. The molecule has 0 saturated carbocycles. The Labute approximate surface area is 71.7 Å². The molecule has 0 aromatic heterocycles. The fourth-order valence-electron chi connectivity index (χ4n) is 0.977. The Kier molecular flexibility index (Phi) is 8.27. The summed E-state index contributed by atoms with van der Waals surface area (Å²) in [7, 11) is 1.08. The van der Waals surface area contributed by atoms with Crippen LogP contribution in [0.4, 0.5) is 0 Å². The van der Waals surface area contributed by atoms with Crippen LogP contribution in [-0.2, 0) is 4.79 Å². The van der Waals surface area contributed by atoms with Crippen LogP contribution in [0.3, 0.4) is 0 Å². The van der Waals surface area contributed by atoms with Crippen LogP contribution >= 0.6 is 8.58 Å². The predicted molar refractivity (Wildman–Crippen MR) is 52.9 cm³/mol. The van der Waals surface area contributed by atoms with Crippen LogP contribution in [0.2, 0.25) is 0 Å². The third-order valence-corrected chi connectivity index (χ3v) is 2.63. The van der Waals surface area contributed by atoms with E-state index in [4.69, 9.17) is 0 Å². The second-order valence-electron chi connectivity index (χ2n) is 2.81. The van der Waals surface area contributed by atoms with Crippen molar-refractivity contribution in [2.45, 2.75) is 39.0 Å². The van der Waals surface area contributed by atoms with Crippen LogP contribution in [-0.4, -0.2) is 18.6 Å². The minimum absolute atomic E-state index is 0.420. The van der Waals surface area contributed by atoms with E-state index in [1.807, 2.05) is 6.92 Å². The van der Waals surface area contributed by atoms with Gasteiger partial charge in [-0.05, 0) is 25.7 Å². The lowest BCUT2D eigenvalue weighted by Crippen LogP contribution is -1.94. The Morgan fingerprint density at radius 1 is 1.27 bits per heavy atom. The van der Waals surface area contributed by atoms with E-state index in [1.165, 1.54) is 19.0 Å². The van der Waals surface area contributed by atoms with Crippen LogP contribution in [0.5, 0.6) is 0 Å². The standard InChI is InChI=1S/C9H19OP/c1-3-9(10)7-5-4-6-8-11-2/h11H,3-8H2,1-2H3. The second-order valence-corrected chi connectivity index (χ2v) is 4.01. The molecule has 11 heavy (non-hydrogen) atoms. The topological polar surface area (TPSA) is 17.1 Å². The molecule has 0 fully saturated rings. The summed E-state index contributed by atoms with van der Waals surface area (Å²) in [6, 6.07) is 0. The first-order valence-electron chi connectivity index (χ1n) is 4.47. The molecule has 0 rings (SSSR count). The van der Waals surface area contributed by atoms with E-state index in [9.17, 15) is 4.79 Å². The van der Waals surface area contributed by atoms with Crippen molar-refractivity contribution in [2.75, 3.05) is 12.8 Å². The van der Waals surface area contributed by atoms with Gasteiger partial charge in [-0.1, -0.05) is 13.3 Å². The van der Waals surface area contributed by atoms with Crippen LogP contribution in [0.1, 0.15) is 39.0 Å². The average molecular weight is 174 g/mol. The van der Waals surface area contributed by atoms with Gasteiger partial charge in [-0.15, -0.1) is 8.58 Å². The first-order valence-corrected chi connectivity index (χ1v) is 6.18. The van der Waals surface area contributed by atoms with E-state index in [1.54, 1.807) is 0 Å². The summed E-state index contributed by atoms with van der Waals surface area (Å²) >= 11 is 0. The zero-order valence-electron chi connectivity index (χ0n) is 7.65. The van der Waals surface area contributed by atoms with Gasteiger partial charge in [0.25, 0.3) is 0 Å². The maximum Gasteiger partial charge on any atom is 0.132 e. The molecule has 2 heteroatoms. The fraction of sp³-hybridized carbons (Fsp3) is 0.889. The summed E-state index contributed by atoms with van der Waals surface area (Å²) in [5.41, 5.74) is 0. The summed E-state index contributed by atoms with van der Waals surface area (Å²) in [4.78, 5) is 10.8. The molecule has 0 spiro atoms. The van der Waals surface area contributed by atoms with Gasteiger partial charge in [-0.2, -0.15) is 0 Å². The molecule has 0 aliphatic heterocycles. The molecule has 1 atom stereocenters. The van der Waals surface area contributed by atoms with E-state index in [-0.39, 0.29) is 0 Å². The van der Waals surface area contributed by atoms with Gasteiger partial charge in [0.05, 0.1) is 0 Å². The number of hydrogen-bond donors (Lipinski definition) is 0. The van der Waals surface area contributed by atoms with Crippen molar-refractivity contribution in [3.05, 3.63) is 0 Å². The Morgan fingerprint density at radius 3 is 2.55 bits per heavy atom. The van der Waals surface area contributed by atoms with Gasteiger partial charge in [0.15, 0.2) is 0 Å². The van der Waals surface area contributed by atoms with Crippen LogP contribution < -0.4 is 0 Å². The summed E-state index contributed by atoms with van der Waals surface area (Å²) in [6.07, 6.45) is 6.54. The molecule has 0 N–H and O–H groups in total. The first-order chi connectivity index (χ1) is 5.31. The summed E-state index contributed by atoms with van der Waals surface area (Å²) in [6.45, 7) is 4.17. The van der Waals surface area contributed by atoms with Crippen molar-refractivity contribution in [2.24, 2.45) is 0 Å². The van der Waals surface area contributed by atoms with Crippen LogP contribution in [0.15, 0.2) is 0 Å². The summed E-state index contributed by atoms with van der Waals surface area (Å²) in [5, 5.41) is 0. The lowest BCUT2D eigenvalue weighted by Gasteiger charge is -1.97. The van der Waals surface area contributed by atoms with Crippen molar-refractivity contribution in [3.8, 4) is 0 Å². The lowest BCUT2D eigenvalue weighted by molar-refractivity contribution is -0.118. The molecule has 0 heterocycles. The van der Waals surface area contributed by atoms with Crippen molar-refractivity contribution in [1.82, 2.24) is 0 Å². The Balaban J connectivity index is 2.95. The average Bonchev–Trinajstić information content (AvgIpc) is 2.04. The number of carbonyl (C=O) groups is 1. The van der Waals surface area contributed by atoms with Crippen molar-refractivity contribution in [1.29, 1.82) is 0 Å². The second kappa shape index (κ2) is 8.20. The largest absolute Gasteiger partial charge is 0.300 e. The van der Waals surface area contributed by atoms with Crippen molar-refractivity contribution in [3.63, 3.8) is 0 Å². The minimum Gasteiger partial charge on any atom is -0.300 e. The Bertz CT molecular complexity index is 102. The maximum atomic E-state index is 10.8. The normalized spacial score (nSPS) is 11.1. The number of unbranched alkanes of at least 4 members (excludes halogenated alkanes) is 2. The van der Waals surface area contributed by atoms with Gasteiger partial charge in [0.1, 0.15) is 5.78 Å². The quantitative estimate of drug-likeness (QED) is 0.428. The third kappa shape index (κ3) is 8.00. The summed E-state index contributed by atoms with van der Waals surface area (Å²) < 4.78 is 0. The van der Waals surface area contributed by atoms with E-state index in [2.05, 4.69) is 6.66 Å². The molecule has 0 aromatic carbocycles. The minimum atomic E-state index is 0.420. The number of carbonyl (C=O) groups excluding carboxylic acids is 1. The SMILES string of the molecule is CCC(=O)CCCCCPC. The van der Waals surface area contributed by atoms with Crippen LogP contribution in [0, 0.1) is 0 Å². The highest BCUT2D eigenvalue weighted by Crippen LogP contribution is 2.09. The predicted octanol–water partition coefficient (Wildman–Crippen LogP) is 2.83. The lowest BCUT2D eigenvalue weighted by atomic mass is 10.1. The van der Waals surface area contributed by atoms with Crippen molar-refractivity contribution >= 4 is 14.4 Å². The molecule has 0 bridgehead atoms. The molecule has 0 aliphatic rings. The van der Waals surface area contributed by atoms with Crippen LogP contribution in [0.25, 0.3) is 0 Å². The molecule has 1 unspecified atom stereocenters. The van der Waals surface area contributed by atoms with Gasteiger partial charge < -0.3 is 0 Å². The molecule has 0 radical (unpaired) electrons. The van der Waals surface area contributed by atoms with Gasteiger partial charge in [0.2, 0.25) is 0 Å². The third-order valence-electron chi connectivity index (χ3n) is 1.78. The van der Waals surface area contributed by atoms with E-state index in [0.717, 1.165) is 27.8 Å². The van der Waals surface area contributed by atoms with E-state index in [0.29, 0.717) is 5.78 Å². The monoisotopic (exact) mass is 174 g/mol. The highest BCUT2D eigenvalue weighted by molar-refractivity contribution is 7.36. The molecule has 1 nitrogen and oxygen atoms in total. The van der Waals surface area contributed by atoms with Gasteiger partial charge >= 0.3 is 0 Å². The molecular weight excluding hydrogens is 155 g/mol. The highest BCUT2D eigenvalue weighted by Gasteiger charge is 1.96. The molecule has 66 valence electrons. The zero-order chi connectivity index (χ0) is 8.53. The van der Waals surface area contributed by atoms with Gasteiger partial charge in [-0.25, -0.2) is 0 Å². The number of hydrogen-bond acceptors (Lipinski definition) is 1. The molecule has 0 aromatic rings. The first kappa shape index (κ1) is 11.1. The molecular formula is C9H19OP. The van der Waals surface area contributed by atoms with Crippen molar-refractivity contribution < 1.29 is 4.79 Å². The smallest absolute Gasteiger partial charge is 0.132 e. The molecule has 0 saturated heterocycles. The van der Waals surface area contributed by atoms with Gasteiger partial charge in [0, 0.05) is 12.8 Å². The number of Topliss-reactive ketones (excluding diaryl/α,β-unsaturated/α-hetero) is 1. The van der Waals surface area contributed by atoms with Gasteiger partial charge in [-0.3, -0.25) is 4.79 Å². The highest BCUT2D eigenvalue weighted by atomic mass is 31.1. The molecule has 0 amide bonds. The van der Waals surface area contributed by atoms with E-state index < -0.39 is 0 Å². The molecule has 0 aliphatic carbocycles. The maximum absolute atomic E-state index is 10.8. The zero-order valence-corrected chi connectivity index (χ0v) is 8.65. The Hall–Kier alpha value is 0.100. The van der Waals surface area contributed by atoms with E-state index >= 15 is 0 Å². The summed E-state index contributed by atoms with van der Waals surface area (Å²) in [5.74, 6) is 0.420. The fourth-order valence-corrected chi connectivity index (χ4v) is 1.58. The number of rotatable bonds is 7.